The van der Waals surface area contributed by atoms with Crippen LogP contribution in [0.3, 0.4) is 0 Å². The van der Waals surface area contributed by atoms with Crippen molar-refractivity contribution in [3.05, 3.63) is 29.8 Å². The Kier molecular flexibility index (Phi) is 8.77. The Hall–Kier alpha value is -1.80. The lowest BCUT2D eigenvalue weighted by Crippen LogP contribution is -2.49. The van der Waals surface area contributed by atoms with Crippen molar-refractivity contribution in [3.8, 4) is 5.75 Å². The highest BCUT2D eigenvalue weighted by atomic mass is 32.2. The molecule has 2 N–H and O–H groups in total. The van der Waals surface area contributed by atoms with E-state index in [-0.39, 0.29) is 17.2 Å². The predicted octanol–water partition coefficient (Wildman–Crippen LogP) is 2.12. The fourth-order valence-corrected chi connectivity index (χ4v) is 4.33. The predicted molar refractivity (Wildman–Crippen MR) is 118 cm³/mol. The Bertz CT molecular complexity index is 757. The maximum Gasteiger partial charge on any atom is 0.191 e. The zero-order valence-corrected chi connectivity index (χ0v) is 18.8. The van der Waals surface area contributed by atoms with Crippen molar-refractivity contribution in [1.29, 1.82) is 0 Å². The van der Waals surface area contributed by atoms with E-state index in [1.165, 1.54) is 11.8 Å². The molecular weight excluding hydrogens is 390 g/mol. The second-order valence-corrected chi connectivity index (χ2v) is 10.00. The zero-order chi connectivity index (χ0) is 21.3. The molecule has 29 heavy (non-hydrogen) atoms. The van der Waals surface area contributed by atoms with E-state index >= 15 is 0 Å². The molecule has 1 saturated heterocycles. The Balaban J connectivity index is 2.03. The fraction of sp³-hybridized carbons (Fsp3) is 0.667. The Labute approximate surface area is 175 Å². The monoisotopic (exact) mass is 425 g/mol. The molecule has 1 aromatic rings. The lowest BCUT2D eigenvalue weighted by Gasteiger charge is -2.38. The molecule has 0 radical (unpaired) electrons. The zero-order valence-electron chi connectivity index (χ0n) is 18.0. The molecule has 2 rings (SSSR count). The Morgan fingerprint density at radius 2 is 1.93 bits per heavy atom. The Morgan fingerprint density at radius 1 is 1.28 bits per heavy atom. The molecule has 1 heterocycles. The number of hydrogen-bond acceptors (Lipinski definition) is 5. The third kappa shape index (κ3) is 7.51. The molecule has 0 saturated carbocycles. The van der Waals surface area contributed by atoms with Crippen molar-refractivity contribution < 1.29 is 17.9 Å². The Morgan fingerprint density at radius 3 is 2.48 bits per heavy atom. The van der Waals surface area contributed by atoms with E-state index in [2.05, 4.69) is 27.8 Å². The number of sulfone groups is 1. The molecule has 1 atom stereocenters. The molecule has 0 amide bonds. The van der Waals surface area contributed by atoms with Crippen LogP contribution in [0.4, 0.5) is 0 Å². The number of nitrogens with zero attached hydrogens (tertiary/aromatic N) is 1. The average molecular weight is 426 g/mol. The number of ether oxygens (including phenoxy) is 2. The normalized spacial score (nSPS) is 18.1. The standard InChI is InChI=1S/C21H35N3O4S/c1-5-28-19-8-6-18(7-9-19)21(11-13-27-14-12-21)16-23-20(22-3)24-17(2)10-15-29(4,25)26/h6-9,17H,5,10-16H2,1-4H3,(H2,22,23,24). The number of benzene rings is 1. The van der Waals surface area contributed by atoms with Crippen LogP contribution in [0.1, 0.15) is 38.7 Å². The molecule has 8 heteroatoms. The summed E-state index contributed by atoms with van der Waals surface area (Å²) in [4.78, 5) is 4.31. The molecule has 0 bridgehead atoms. The minimum atomic E-state index is -2.97. The van der Waals surface area contributed by atoms with Gasteiger partial charge in [-0.2, -0.15) is 0 Å². The summed E-state index contributed by atoms with van der Waals surface area (Å²) in [5, 5.41) is 6.75. The van der Waals surface area contributed by atoms with Crippen molar-refractivity contribution in [2.75, 3.05) is 45.4 Å². The van der Waals surface area contributed by atoms with Gasteiger partial charge in [-0.15, -0.1) is 0 Å². The first-order valence-corrected chi connectivity index (χ1v) is 12.3. The second-order valence-electron chi connectivity index (χ2n) is 7.74. The largest absolute Gasteiger partial charge is 0.494 e. The summed E-state index contributed by atoms with van der Waals surface area (Å²) in [6, 6.07) is 8.34. The highest BCUT2D eigenvalue weighted by molar-refractivity contribution is 7.90. The first kappa shape index (κ1) is 23.5. The highest BCUT2D eigenvalue weighted by Crippen LogP contribution is 2.35. The van der Waals surface area contributed by atoms with Crippen molar-refractivity contribution >= 4 is 15.8 Å². The minimum absolute atomic E-state index is 0.00652. The van der Waals surface area contributed by atoms with Gasteiger partial charge < -0.3 is 20.1 Å². The van der Waals surface area contributed by atoms with Gasteiger partial charge in [0.1, 0.15) is 15.6 Å². The molecule has 1 unspecified atom stereocenters. The van der Waals surface area contributed by atoms with Crippen LogP contribution in [0.2, 0.25) is 0 Å². The third-order valence-electron chi connectivity index (χ3n) is 5.35. The van der Waals surface area contributed by atoms with Crippen LogP contribution in [-0.4, -0.2) is 65.8 Å². The first-order chi connectivity index (χ1) is 13.8. The number of guanidine groups is 1. The number of aliphatic imine (C=N–C) groups is 1. The van der Waals surface area contributed by atoms with Crippen molar-refractivity contribution in [2.45, 2.75) is 44.6 Å². The van der Waals surface area contributed by atoms with E-state index in [9.17, 15) is 8.42 Å². The first-order valence-electron chi connectivity index (χ1n) is 10.2. The number of nitrogens with one attached hydrogen (secondary N) is 2. The van der Waals surface area contributed by atoms with E-state index in [4.69, 9.17) is 9.47 Å². The molecule has 1 fully saturated rings. The highest BCUT2D eigenvalue weighted by Gasteiger charge is 2.34. The van der Waals surface area contributed by atoms with Gasteiger partial charge in [0.05, 0.1) is 12.4 Å². The number of hydrogen-bond donors (Lipinski definition) is 2. The summed E-state index contributed by atoms with van der Waals surface area (Å²) in [6.45, 7) is 6.78. The smallest absolute Gasteiger partial charge is 0.191 e. The molecule has 0 aliphatic carbocycles. The summed E-state index contributed by atoms with van der Waals surface area (Å²) < 4.78 is 34.0. The third-order valence-corrected chi connectivity index (χ3v) is 6.33. The molecule has 1 aliphatic rings. The van der Waals surface area contributed by atoms with Crippen LogP contribution in [-0.2, 0) is 20.0 Å². The van der Waals surface area contributed by atoms with E-state index in [1.807, 2.05) is 26.0 Å². The molecule has 7 nitrogen and oxygen atoms in total. The molecule has 164 valence electrons. The minimum Gasteiger partial charge on any atom is -0.494 e. The van der Waals surface area contributed by atoms with Gasteiger partial charge in [0, 0.05) is 44.5 Å². The van der Waals surface area contributed by atoms with E-state index in [1.54, 1.807) is 7.05 Å². The van der Waals surface area contributed by atoms with Gasteiger partial charge >= 0.3 is 0 Å². The lowest BCUT2D eigenvalue weighted by molar-refractivity contribution is 0.0513. The summed E-state index contributed by atoms with van der Waals surface area (Å²) in [5.41, 5.74) is 1.22. The quantitative estimate of drug-likeness (QED) is 0.465. The average Bonchev–Trinajstić information content (AvgIpc) is 2.70. The fourth-order valence-electron chi connectivity index (χ4n) is 3.55. The molecule has 0 spiro atoms. The maximum atomic E-state index is 11.4. The summed E-state index contributed by atoms with van der Waals surface area (Å²) >= 11 is 0. The van der Waals surface area contributed by atoms with Gasteiger partial charge in [-0.1, -0.05) is 12.1 Å². The van der Waals surface area contributed by atoms with Crippen molar-refractivity contribution in [3.63, 3.8) is 0 Å². The maximum absolute atomic E-state index is 11.4. The van der Waals surface area contributed by atoms with Gasteiger partial charge in [-0.3, -0.25) is 4.99 Å². The van der Waals surface area contributed by atoms with Crippen LogP contribution < -0.4 is 15.4 Å². The van der Waals surface area contributed by atoms with E-state index in [0.717, 1.165) is 38.3 Å². The van der Waals surface area contributed by atoms with E-state index in [0.29, 0.717) is 19.0 Å². The van der Waals surface area contributed by atoms with Gasteiger partial charge in [-0.05, 0) is 50.8 Å². The van der Waals surface area contributed by atoms with E-state index < -0.39 is 9.84 Å². The van der Waals surface area contributed by atoms with Gasteiger partial charge in [0.2, 0.25) is 0 Å². The van der Waals surface area contributed by atoms with Gasteiger partial charge in [0.15, 0.2) is 5.96 Å². The van der Waals surface area contributed by atoms with Crippen molar-refractivity contribution in [2.24, 2.45) is 4.99 Å². The molecular formula is C21H35N3O4S. The van der Waals surface area contributed by atoms with Crippen LogP contribution in [0, 0.1) is 0 Å². The van der Waals surface area contributed by atoms with Crippen LogP contribution in [0.25, 0.3) is 0 Å². The van der Waals surface area contributed by atoms with Crippen LogP contribution in [0.15, 0.2) is 29.3 Å². The molecule has 1 aromatic carbocycles. The summed E-state index contributed by atoms with van der Waals surface area (Å²) in [5.74, 6) is 1.72. The SMILES string of the molecule is CCOc1ccc(C2(CNC(=NC)NC(C)CCS(C)(=O)=O)CCOCC2)cc1. The van der Waals surface area contributed by atoms with Crippen LogP contribution >= 0.6 is 0 Å². The topological polar surface area (TPSA) is 89.0 Å². The van der Waals surface area contributed by atoms with Gasteiger partial charge in [0.25, 0.3) is 0 Å². The van der Waals surface area contributed by atoms with Crippen molar-refractivity contribution in [1.82, 2.24) is 10.6 Å². The number of rotatable bonds is 9. The van der Waals surface area contributed by atoms with Crippen LogP contribution in [0.5, 0.6) is 5.75 Å². The lowest BCUT2D eigenvalue weighted by atomic mass is 9.74. The summed E-state index contributed by atoms with van der Waals surface area (Å²) in [6.07, 6.45) is 3.65. The molecule has 0 aromatic heterocycles. The molecule has 1 aliphatic heterocycles. The van der Waals surface area contributed by atoms with Gasteiger partial charge in [-0.25, -0.2) is 8.42 Å². The second kappa shape index (κ2) is 10.8. The summed E-state index contributed by atoms with van der Waals surface area (Å²) in [7, 11) is -1.24.